The van der Waals surface area contributed by atoms with Crippen molar-refractivity contribution in [1.82, 2.24) is 4.98 Å². The molecule has 0 unspecified atom stereocenters. The van der Waals surface area contributed by atoms with Gasteiger partial charge in [0.15, 0.2) is 0 Å². The van der Waals surface area contributed by atoms with Crippen molar-refractivity contribution in [1.29, 1.82) is 0 Å². The first-order valence-corrected chi connectivity index (χ1v) is 6.65. The molecule has 1 aromatic heterocycles. The Labute approximate surface area is 109 Å². The average Bonchev–Trinajstić information content (AvgIpc) is 2.87. The molecule has 0 bridgehead atoms. The molecule has 0 amide bonds. The Hall–Kier alpha value is -1.38. The Morgan fingerprint density at radius 1 is 1.39 bits per heavy atom. The van der Waals surface area contributed by atoms with E-state index in [2.05, 4.69) is 4.98 Å². The molecule has 98 valence electrons. The van der Waals surface area contributed by atoms with Crippen molar-refractivity contribution >= 4 is 5.78 Å². The fraction of sp³-hybridized carbons (Fsp3) is 0.600. The molecular weight excluding hydrogens is 226 g/mol. The first kappa shape index (κ1) is 13.1. The Morgan fingerprint density at radius 3 is 2.67 bits per heavy atom. The molecule has 1 aromatic rings. The molecule has 18 heavy (non-hydrogen) atoms. The van der Waals surface area contributed by atoms with E-state index < -0.39 is 0 Å². The Morgan fingerprint density at radius 2 is 2.06 bits per heavy atom. The Kier molecular flexibility index (Phi) is 4.00. The van der Waals surface area contributed by atoms with Gasteiger partial charge in [-0.05, 0) is 26.7 Å². The van der Waals surface area contributed by atoms with E-state index >= 15 is 0 Å². The van der Waals surface area contributed by atoms with Crippen LogP contribution in [0.15, 0.2) is 6.20 Å². The van der Waals surface area contributed by atoms with Gasteiger partial charge in [-0.1, -0.05) is 12.8 Å². The zero-order chi connectivity index (χ0) is 13.1. The van der Waals surface area contributed by atoms with Crippen molar-refractivity contribution in [2.75, 3.05) is 7.11 Å². The van der Waals surface area contributed by atoms with E-state index in [1.165, 1.54) is 12.8 Å². The summed E-state index contributed by atoms with van der Waals surface area (Å²) in [6.07, 6.45) is 6.75. The van der Waals surface area contributed by atoms with Crippen LogP contribution in [0, 0.1) is 19.8 Å². The van der Waals surface area contributed by atoms with Gasteiger partial charge in [0, 0.05) is 29.7 Å². The van der Waals surface area contributed by atoms with Crippen LogP contribution in [0.1, 0.15) is 42.5 Å². The van der Waals surface area contributed by atoms with E-state index in [1.807, 2.05) is 13.8 Å². The minimum Gasteiger partial charge on any atom is -0.496 e. The number of pyridine rings is 1. The van der Waals surface area contributed by atoms with Crippen LogP contribution >= 0.6 is 0 Å². The molecule has 0 atom stereocenters. The van der Waals surface area contributed by atoms with Gasteiger partial charge >= 0.3 is 0 Å². The van der Waals surface area contributed by atoms with Crippen LogP contribution in [-0.2, 0) is 11.2 Å². The molecular formula is C15H21NO2. The van der Waals surface area contributed by atoms with Crippen molar-refractivity contribution in [3.63, 3.8) is 0 Å². The second-order valence-electron chi connectivity index (χ2n) is 5.17. The van der Waals surface area contributed by atoms with E-state index in [-0.39, 0.29) is 5.92 Å². The third-order valence-corrected chi connectivity index (χ3v) is 3.90. The third-order valence-electron chi connectivity index (χ3n) is 3.90. The molecule has 0 aromatic carbocycles. The quantitative estimate of drug-likeness (QED) is 0.821. The molecule has 1 fully saturated rings. The maximum absolute atomic E-state index is 12.2. The number of carbonyl (C=O) groups is 1. The Bertz CT molecular complexity index is 448. The number of methoxy groups -OCH3 is 1. The zero-order valence-electron chi connectivity index (χ0n) is 11.5. The molecule has 2 rings (SSSR count). The summed E-state index contributed by atoms with van der Waals surface area (Å²) >= 11 is 0. The van der Waals surface area contributed by atoms with Crippen LogP contribution in [0.25, 0.3) is 0 Å². The second-order valence-corrected chi connectivity index (χ2v) is 5.17. The number of hydrogen-bond acceptors (Lipinski definition) is 3. The molecule has 1 saturated carbocycles. The number of aromatic nitrogens is 1. The van der Waals surface area contributed by atoms with E-state index in [9.17, 15) is 4.79 Å². The topological polar surface area (TPSA) is 39.2 Å². The summed E-state index contributed by atoms with van der Waals surface area (Å²) in [5, 5.41) is 0. The highest BCUT2D eigenvalue weighted by atomic mass is 16.5. The number of Topliss-reactive ketones (excluding diaryl/α,β-unsaturated/α-hetero) is 1. The lowest BCUT2D eigenvalue weighted by Crippen LogP contribution is -2.15. The highest BCUT2D eigenvalue weighted by Gasteiger charge is 2.24. The molecule has 1 aliphatic carbocycles. The largest absolute Gasteiger partial charge is 0.496 e. The van der Waals surface area contributed by atoms with Gasteiger partial charge in [-0.2, -0.15) is 0 Å². The van der Waals surface area contributed by atoms with E-state index in [1.54, 1.807) is 13.3 Å². The number of ether oxygens (including phenoxy) is 1. The van der Waals surface area contributed by atoms with Gasteiger partial charge in [0.1, 0.15) is 11.5 Å². The first-order chi connectivity index (χ1) is 8.63. The summed E-state index contributed by atoms with van der Waals surface area (Å²) in [5.41, 5.74) is 2.89. The predicted molar refractivity (Wildman–Crippen MR) is 70.9 cm³/mol. The zero-order valence-corrected chi connectivity index (χ0v) is 11.5. The second kappa shape index (κ2) is 5.51. The van der Waals surface area contributed by atoms with Crippen LogP contribution < -0.4 is 4.74 Å². The predicted octanol–water partition coefficient (Wildman–Crippen LogP) is 3.01. The highest BCUT2D eigenvalue weighted by Crippen LogP contribution is 2.28. The lowest BCUT2D eigenvalue weighted by Gasteiger charge is -2.13. The van der Waals surface area contributed by atoms with Crippen LogP contribution in [0.4, 0.5) is 0 Å². The molecule has 0 radical (unpaired) electrons. The SMILES string of the molecule is COc1c(C)cnc(CC(=O)C2CCCC2)c1C. The summed E-state index contributed by atoms with van der Waals surface area (Å²) in [7, 11) is 1.66. The summed E-state index contributed by atoms with van der Waals surface area (Å²) in [4.78, 5) is 16.6. The standard InChI is InChI=1S/C15H21NO2/c1-10-9-16-13(11(2)15(10)18-3)8-14(17)12-6-4-5-7-12/h9,12H,4-8H2,1-3H3. The third kappa shape index (κ3) is 2.55. The number of hydrogen-bond donors (Lipinski definition) is 0. The molecule has 0 saturated heterocycles. The van der Waals surface area contributed by atoms with Crippen LogP contribution in [0.5, 0.6) is 5.75 Å². The lowest BCUT2D eigenvalue weighted by atomic mass is 9.96. The fourth-order valence-electron chi connectivity index (χ4n) is 2.81. The number of aryl methyl sites for hydroxylation is 1. The summed E-state index contributed by atoms with van der Waals surface area (Å²) in [5.74, 6) is 1.46. The molecule has 1 aliphatic rings. The molecule has 0 aliphatic heterocycles. The van der Waals surface area contributed by atoms with Crippen molar-refractivity contribution < 1.29 is 9.53 Å². The van der Waals surface area contributed by atoms with Crippen LogP contribution in [0.2, 0.25) is 0 Å². The van der Waals surface area contributed by atoms with E-state index in [4.69, 9.17) is 4.74 Å². The Balaban J connectivity index is 2.16. The van der Waals surface area contributed by atoms with Gasteiger partial charge in [-0.25, -0.2) is 0 Å². The highest BCUT2D eigenvalue weighted by molar-refractivity contribution is 5.83. The molecule has 3 heteroatoms. The van der Waals surface area contributed by atoms with Crippen molar-refractivity contribution in [2.24, 2.45) is 5.92 Å². The van der Waals surface area contributed by atoms with Crippen molar-refractivity contribution in [3.8, 4) is 5.75 Å². The fourth-order valence-corrected chi connectivity index (χ4v) is 2.81. The average molecular weight is 247 g/mol. The van der Waals surface area contributed by atoms with Crippen molar-refractivity contribution in [3.05, 3.63) is 23.0 Å². The van der Waals surface area contributed by atoms with Gasteiger partial charge in [0.2, 0.25) is 0 Å². The van der Waals surface area contributed by atoms with Gasteiger partial charge in [-0.3, -0.25) is 9.78 Å². The number of carbonyl (C=O) groups excluding carboxylic acids is 1. The van der Waals surface area contributed by atoms with Crippen molar-refractivity contribution in [2.45, 2.75) is 46.0 Å². The first-order valence-electron chi connectivity index (χ1n) is 6.65. The molecule has 0 N–H and O–H groups in total. The molecule has 1 heterocycles. The molecule has 0 spiro atoms. The van der Waals surface area contributed by atoms with Gasteiger partial charge in [-0.15, -0.1) is 0 Å². The maximum Gasteiger partial charge on any atom is 0.141 e. The number of rotatable bonds is 4. The summed E-state index contributed by atoms with van der Waals surface area (Å²) < 4.78 is 5.37. The van der Waals surface area contributed by atoms with Gasteiger partial charge in [0.05, 0.1) is 12.8 Å². The smallest absolute Gasteiger partial charge is 0.141 e. The summed E-state index contributed by atoms with van der Waals surface area (Å²) in [6.45, 7) is 3.96. The number of ketones is 1. The minimum absolute atomic E-state index is 0.262. The lowest BCUT2D eigenvalue weighted by molar-refractivity contribution is -0.122. The van der Waals surface area contributed by atoms with E-state index in [0.717, 1.165) is 35.4 Å². The van der Waals surface area contributed by atoms with Gasteiger partial charge < -0.3 is 4.74 Å². The minimum atomic E-state index is 0.262. The maximum atomic E-state index is 12.2. The summed E-state index contributed by atoms with van der Waals surface area (Å²) in [6, 6.07) is 0. The van der Waals surface area contributed by atoms with Crippen LogP contribution in [0.3, 0.4) is 0 Å². The van der Waals surface area contributed by atoms with E-state index in [0.29, 0.717) is 12.2 Å². The van der Waals surface area contributed by atoms with Crippen LogP contribution in [-0.4, -0.2) is 17.9 Å². The monoisotopic (exact) mass is 247 g/mol. The number of nitrogens with zero attached hydrogens (tertiary/aromatic N) is 1. The molecule has 3 nitrogen and oxygen atoms in total. The normalized spacial score (nSPS) is 15.9. The van der Waals surface area contributed by atoms with Gasteiger partial charge in [0.25, 0.3) is 0 Å².